The van der Waals surface area contributed by atoms with E-state index in [9.17, 15) is 4.79 Å². The second kappa shape index (κ2) is 6.75. The highest BCUT2D eigenvalue weighted by molar-refractivity contribution is 5.79. The quantitative estimate of drug-likeness (QED) is 0.892. The molecule has 1 aliphatic heterocycles. The lowest BCUT2D eigenvalue weighted by atomic mass is 10.0. The van der Waals surface area contributed by atoms with Gasteiger partial charge in [-0.1, -0.05) is 25.1 Å². The fourth-order valence-electron chi connectivity index (χ4n) is 2.85. The van der Waals surface area contributed by atoms with Gasteiger partial charge < -0.3 is 15.4 Å². The predicted molar refractivity (Wildman–Crippen MR) is 79.7 cm³/mol. The van der Waals surface area contributed by atoms with E-state index >= 15 is 0 Å². The lowest BCUT2D eigenvalue weighted by Crippen LogP contribution is -2.41. The minimum Gasteiger partial charge on any atom is -0.496 e. The van der Waals surface area contributed by atoms with E-state index in [2.05, 4.69) is 6.07 Å². The van der Waals surface area contributed by atoms with E-state index in [4.69, 9.17) is 10.5 Å². The number of para-hydroxylation sites is 1. The summed E-state index contributed by atoms with van der Waals surface area (Å²) >= 11 is 0. The summed E-state index contributed by atoms with van der Waals surface area (Å²) in [5, 5.41) is 0. The molecule has 2 rings (SSSR count). The molecular formula is C16H24N2O2. The van der Waals surface area contributed by atoms with Crippen molar-refractivity contribution in [1.82, 2.24) is 4.90 Å². The van der Waals surface area contributed by atoms with Crippen LogP contribution in [0.3, 0.4) is 0 Å². The first-order valence-corrected chi connectivity index (χ1v) is 7.29. The first-order chi connectivity index (χ1) is 9.67. The van der Waals surface area contributed by atoms with Crippen LogP contribution in [0.15, 0.2) is 24.3 Å². The number of nitrogens with two attached hydrogens (primary N) is 1. The van der Waals surface area contributed by atoms with Crippen molar-refractivity contribution in [2.24, 2.45) is 11.7 Å². The highest BCUT2D eigenvalue weighted by Crippen LogP contribution is 2.26. The van der Waals surface area contributed by atoms with Crippen molar-refractivity contribution in [3.8, 4) is 5.75 Å². The molecule has 2 unspecified atom stereocenters. The van der Waals surface area contributed by atoms with Crippen molar-refractivity contribution in [3.63, 3.8) is 0 Å². The van der Waals surface area contributed by atoms with Gasteiger partial charge in [0.25, 0.3) is 0 Å². The lowest BCUT2D eigenvalue weighted by Gasteiger charge is -2.27. The highest BCUT2D eigenvalue weighted by atomic mass is 16.5. The number of hydrogen-bond donors (Lipinski definition) is 1. The summed E-state index contributed by atoms with van der Waals surface area (Å²) in [6.45, 7) is 3.17. The number of carbonyl (C=O) groups excluding carboxylic acids is 1. The van der Waals surface area contributed by atoms with Gasteiger partial charge in [-0.2, -0.15) is 0 Å². The Labute approximate surface area is 120 Å². The minimum atomic E-state index is -0.0896. The van der Waals surface area contributed by atoms with Crippen molar-refractivity contribution in [2.45, 2.75) is 32.2 Å². The number of ether oxygens (including phenoxy) is 1. The fourth-order valence-corrected chi connectivity index (χ4v) is 2.85. The Bertz CT molecular complexity index is 462. The molecule has 0 saturated carbocycles. The molecule has 1 aromatic rings. The molecule has 0 aromatic heterocycles. The van der Waals surface area contributed by atoms with Crippen molar-refractivity contribution in [2.75, 3.05) is 20.2 Å². The van der Waals surface area contributed by atoms with Crippen LogP contribution in [0.5, 0.6) is 5.75 Å². The molecule has 1 fully saturated rings. The molecule has 1 heterocycles. The molecule has 4 nitrogen and oxygen atoms in total. The molecule has 4 heteroatoms. The maximum absolute atomic E-state index is 12.3. The van der Waals surface area contributed by atoms with Crippen LogP contribution in [0.2, 0.25) is 0 Å². The zero-order chi connectivity index (χ0) is 14.5. The molecule has 1 saturated heterocycles. The Morgan fingerprint density at radius 2 is 2.25 bits per heavy atom. The maximum Gasteiger partial charge on any atom is 0.226 e. The number of amides is 1. The molecule has 110 valence electrons. The van der Waals surface area contributed by atoms with Gasteiger partial charge in [-0.25, -0.2) is 0 Å². The fraction of sp³-hybridized carbons (Fsp3) is 0.562. The molecule has 0 spiro atoms. The number of carbonyl (C=O) groups is 1. The average Bonchev–Trinajstić information content (AvgIpc) is 2.94. The summed E-state index contributed by atoms with van der Waals surface area (Å²) in [5.74, 6) is 0.997. The van der Waals surface area contributed by atoms with Crippen LogP contribution in [0.25, 0.3) is 0 Å². The molecule has 0 bridgehead atoms. The van der Waals surface area contributed by atoms with E-state index in [-0.39, 0.29) is 17.9 Å². The van der Waals surface area contributed by atoms with E-state index in [1.807, 2.05) is 30.0 Å². The molecule has 1 aliphatic rings. The van der Waals surface area contributed by atoms with Crippen LogP contribution in [0, 0.1) is 5.92 Å². The van der Waals surface area contributed by atoms with E-state index < -0.39 is 0 Å². The van der Waals surface area contributed by atoms with E-state index in [0.717, 1.165) is 31.6 Å². The van der Waals surface area contributed by atoms with Crippen molar-refractivity contribution >= 4 is 5.91 Å². The molecule has 2 atom stereocenters. The van der Waals surface area contributed by atoms with Crippen LogP contribution in [0.1, 0.15) is 25.3 Å². The molecular weight excluding hydrogens is 252 g/mol. The molecule has 0 radical (unpaired) electrons. The number of methoxy groups -OCH3 is 1. The summed E-state index contributed by atoms with van der Waals surface area (Å²) in [5.41, 5.74) is 6.78. The maximum atomic E-state index is 12.3. The third-order valence-electron chi connectivity index (χ3n) is 4.08. The summed E-state index contributed by atoms with van der Waals surface area (Å²) < 4.78 is 5.40. The van der Waals surface area contributed by atoms with Gasteiger partial charge >= 0.3 is 0 Å². The van der Waals surface area contributed by atoms with Crippen LogP contribution < -0.4 is 10.5 Å². The highest BCUT2D eigenvalue weighted by Gasteiger charge is 2.31. The van der Waals surface area contributed by atoms with Crippen LogP contribution in [-0.4, -0.2) is 37.0 Å². The van der Waals surface area contributed by atoms with Gasteiger partial charge in [0.15, 0.2) is 0 Å². The minimum absolute atomic E-state index is 0.0896. The zero-order valence-corrected chi connectivity index (χ0v) is 12.3. The van der Waals surface area contributed by atoms with Gasteiger partial charge in [0.2, 0.25) is 5.91 Å². The summed E-state index contributed by atoms with van der Waals surface area (Å²) in [7, 11) is 1.69. The summed E-state index contributed by atoms with van der Waals surface area (Å²) in [4.78, 5) is 14.4. The number of nitrogens with zero attached hydrogens (tertiary/aromatic N) is 1. The topological polar surface area (TPSA) is 55.6 Å². The monoisotopic (exact) mass is 276 g/mol. The van der Waals surface area contributed by atoms with Crippen LogP contribution in [-0.2, 0) is 11.2 Å². The van der Waals surface area contributed by atoms with Crippen molar-refractivity contribution in [1.29, 1.82) is 0 Å². The van der Waals surface area contributed by atoms with Gasteiger partial charge in [-0.3, -0.25) is 4.79 Å². The summed E-state index contributed by atoms with van der Waals surface area (Å²) in [6.07, 6.45) is 2.98. The zero-order valence-electron chi connectivity index (χ0n) is 12.3. The largest absolute Gasteiger partial charge is 0.496 e. The van der Waals surface area contributed by atoms with E-state index in [1.54, 1.807) is 7.11 Å². The molecule has 0 aliphatic carbocycles. The van der Waals surface area contributed by atoms with Gasteiger partial charge in [0, 0.05) is 25.0 Å². The number of benzene rings is 1. The normalized spacial score (nSPS) is 19.9. The number of rotatable bonds is 5. The van der Waals surface area contributed by atoms with Crippen molar-refractivity contribution < 1.29 is 9.53 Å². The van der Waals surface area contributed by atoms with Crippen molar-refractivity contribution in [3.05, 3.63) is 29.8 Å². The molecule has 20 heavy (non-hydrogen) atoms. The Morgan fingerprint density at radius 1 is 1.50 bits per heavy atom. The predicted octanol–water partition coefficient (Wildman–Crippen LogP) is 1.82. The first kappa shape index (κ1) is 14.9. The standard InChI is InChI=1S/C16H24N2O2/c1-12(11-17)16(19)18-9-5-7-14(18)10-13-6-3-4-8-15(13)20-2/h3-4,6,8,12,14H,5,7,9-11,17H2,1-2H3. The Hall–Kier alpha value is -1.55. The van der Waals surface area contributed by atoms with Gasteiger partial charge in [-0.05, 0) is 30.9 Å². The second-order valence-electron chi connectivity index (χ2n) is 5.48. The third kappa shape index (κ3) is 3.12. The SMILES string of the molecule is COc1ccccc1CC1CCCN1C(=O)C(C)CN. The van der Waals surface area contributed by atoms with E-state index in [1.165, 1.54) is 5.56 Å². The summed E-state index contributed by atoms with van der Waals surface area (Å²) in [6, 6.07) is 8.30. The van der Waals surface area contributed by atoms with Gasteiger partial charge in [-0.15, -0.1) is 0 Å². The molecule has 2 N–H and O–H groups in total. The number of hydrogen-bond acceptors (Lipinski definition) is 3. The molecule has 1 amide bonds. The smallest absolute Gasteiger partial charge is 0.226 e. The Kier molecular flexibility index (Phi) is 5.01. The Morgan fingerprint density at radius 3 is 2.95 bits per heavy atom. The first-order valence-electron chi connectivity index (χ1n) is 7.29. The molecule has 1 aromatic carbocycles. The lowest BCUT2D eigenvalue weighted by molar-refractivity contribution is -0.135. The van der Waals surface area contributed by atoms with E-state index in [0.29, 0.717) is 6.54 Å². The van der Waals surface area contributed by atoms with Crippen LogP contribution in [0.4, 0.5) is 0 Å². The number of likely N-dealkylation sites (tertiary alicyclic amines) is 1. The van der Waals surface area contributed by atoms with Gasteiger partial charge in [0.05, 0.1) is 7.11 Å². The Balaban J connectivity index is 2.10. The second-order valence-corrected chi connectivity index (χ2v) is 5.48. The third-order valence-corrected chi connectivity index (χ3v) is 4.08. The van der Waals surface area contributed by atoms with Gasteiger partial charge in [0.1, 0.15) is 5.75 Å². The van der Waals surface area contributed by atoms with Crippen LogP contribution >= 0.6 is 0 Å². The average molecular weight is 276 g/mol.